The summed E-state index contributed by atoms with van der Waals surface area (Å²) in [6.45, 7) is 12.2. The Balaban J connectivity index is 2.75. The van der Waals surface area contributed by atoms with Crippen LogP contribution in [0.1, 0.15) is 33.1 Å². The number of Topliss-reactive ketones (excluding diaryl/α,β-unsaturated/α-hetero) is 1. The van der Waals surface area contributed by atoms with Crippen molar-refractivity contribution in [3.8, 4) is 0 Å². The molecular weight excluding hydrogens is 172 g/mol. The summed E-state index contributed by atoms with van der Waals surface area (Å²) in [7, 11) is 0. The van der Waals surface area contributed by atoms with Crippen LogP contribution < -0.4 is 0 Å². The van der Waals surface area contributed by atoms with E-state index >= 15 is 0 Å². The molecular formula is C13H20O. The summed E-state index contributed by atoms with van der Waals surface area (Å²) in [6, 6.07) is 0. The second-order valence-corrected chi connectivity index (χ2v) is 4.52. The van der Waals surface area contributed by atoms with Gasteiger partial charge in [0.15, 0.2) is 0 Å². The Bertz CT molecular complexity index is 250. The Labute approximate surface area is 86.9 Å². The summed E-state index contributed by atoms with van der Waals surface area (Å²) in [4.78, 5) is 11.4. The van der Waals surface area contributed by atoms with Crippen LogP contribution in [-0.4, -0.2) is 5.78 Å². The van der Waals surface area contributed by atoms with Crippen molar-refractivity contribution in [3.05, 3.63) is 24.8 Å². The molecule has 0 saturated heterocycles. The zero-order valence-electron chi connectivity index (χ0n) is 9.25. The molecule has 0 heterocycles. The normalized spacial score (nSPS) is 27.8. The van der Waals surface area contributed by atoms with E-state index in [1.54, 1.807) is 0 Å². The molecule has 0 spiro atoms. The maximum Gasteiger partial charge on any atom is 0.133 e. The maximum absolute atomic E-state index is 11.4. The van der Waals surface area contributed by atoms with Gasteiger partial charge in [0.25, 0.3) is 0 Å². The average Bonchev–Trinajstić information content (AvgIpc) is 2.16. The molecule has 2 atom stereocenters. The number of allylic oxidation sites excluding steroid dienone is 2. The smallest absolute Gasteiger partial charge is 0.133 e. The quantitative estimate of drug-likeness (QED) is 0.626. The molecule has 0 aromatic carbocycles. The maximum atomic E-state index is 11.4. The van der Waals surface area contributed by atoms with E-state index in [1.165, 1.54) is 5.57 Å². The largest absolute Gasteiger partial charge is 0.300 e. The zero-order chi connectivity index (χ0) is 10.7. The molecule has 1 rings (SSSR count). The van der Waals surface area contributed by atoms with Crippen LogP contribution in [0.4, 0.5) is 0 Å². The minimum atomic E-state index is 0.341. The van der Waals surface area contributed by atoms with Crippen LogP contribution >= 0.6 is 0 Å². The number of rotatable bonds is 3. The highest BCUT2D eigenvalue weighted by Crippen LogP contribution is 2.36. The number of carbonyl (C=O) groups is 1. The molecule has 1 saturated carbocycles. The fourth-order valence-electron chi connectivity index (χ4n) is 2.14. The molecule has 2 unspecified atom stereocenters. The Morgan fingerprint density at radius 2 is 2.21 bits per heavy atom. The van der Waals surface area contributed by atoms with Gasteiger partial charge in [-0.3, -0.25) is 4.79 Å². The Hall–Kier alpha value is -0.850. The lowest BCUT2D eigenvalue weighted by molar-refractivity contribution is -0.121. The third kappa shape index (κ3) is 2.34. The third-order valence-corrected chi connectivity index (χ3v) is 3.24. The Kier molecular flexibility index (Phi) is 3.68. The van der Waals surface area contributed by atoms with Crippen molar-refractivity contribution in [1.82, 2.24) is 0 Å². The third-order valence-electron chi connectivity index (χ3n) is 3.24. The number of carbonyl (C=O) groups excluding carboxylic acids is 1. The van der Waals surface area contributed by atoms with Crippen LogP contribution in [0.15, 0.2) is 24.8 Å². The first-order chi connectivity index (χ1) is 6.56. The van der Waals surface area contributed by atoms with E-state index in [0.717, 1.165) is 12.8 Å². The summed E-state index contributed by atoms with van der Waals surface area (Å²) in [6.07, 6.45) is 4.34. The molecule has 0 amide bonds. The molecule has 0 aromatic heterocycles. The number of hydrogen-bond acceptors (Lipinski definition) is 1. The van der Waals surface area contributed by atoms with Crippen LogP contribution in [0.2, 0.25) is 0 Å². The van der Waals surface area contributed by atoms with Gasteiger partial charge in [-0.2, -0.15) is 0 Å². The second-order valence-electron chi connectivity index (χ2n) is 4.52. The van der Waals surface area contributed by atoms with Gasteiger partial charge in [-0.1, -0.05) is 32.1 Å². The van der Waals surface area contributed by atoms with Crippen molar-refractivity contribution in [2.45, 2.75) is 33.1 Å². The summed E-state index contributed by atoms with van der Waals surface area (Å²) in [5.74, 6) is 1.65. The van der Waals surface area contributed by atoms with Gasteiger partial charge in [-0.15, -0.1) is 6.58 Å². The minimum absolute atomic E-state index is 0.341. The highest BCUT2D eigenvalue weighted by atomic mass is 16.1. The van der Waals surface area contributed by atoms with Crippen molar-refractivity contribution in [2.75, 3.05) is 0 Å². The lowest BCUT2D eigenvalue weighted by Crippen LogP contribution is -2.26. The molecule has 1 nitrogen and oxygen atoms in total. The predicted molar refractivity (Wildman–Crippen MR) is 60.0 cm³/mol. The van der Waals surface area contributed by atoms with Gasteiger partial charge in [0.1, 0.15) is 5.78 Å². The first-order valence-electron chi connectivity index (χ1n) is 5.39. The molecule has 1 heteroatoms. The van der Waals surface area contributed by atoms with E-state index in [-0.39, 0.29) is 0 Å². The average molecular weight is 192 g/mol. The molecule has 0 N–H and O–H groups in total. The number of ketones is 1. The first kappa shape index (κ1) is 11.2. The van der Waals surface area contributed by atoms with Crippen molar-refractivity contribution in [1.29, 1.82) is 0 Å². The highest BCUT2D eigenvalue weighted by Gasteiger charge is 2.29. The van der Waals surface area contributed by atoms with E-state index < -0.39 is 0 Å². The molecule has 78 valence electrons. The summed E-state index contributed by atoms with van der Waals surface area (Å²) < 4.78 is 0. The van der Waals surface area contributed by atoms with E-state index in [9.17, 15) is 4.79 Å². The van der Waals surface area contributed by atoms with Crippen LogP contribution in [0.25, 0.3) is 0 Å². The van der Waals surface area contributed by atoms with Crippen LogP contribution in [0, 0.1) is 17.8 Å². The van der Waals surface area contributed by atoms with Gasteiger partial charge in [0, 0.05) is 12.8 Å². The highest BCUT2D eigenvalue weighted by molar-refractivity contribution is 5.80. The topological polar surface area (TPSA) is 17.1 Å². The monoisotopic (exact) mass is 192 g/mol. The van der Waals surface area contributed by atoms with Gasteiger partial charge in [-0.25, -0.2) is 0 Å². The molecule has 1 fully saturated rings. The van der Waals surface area contributed by atoms with Crippen molar-refractivity contribution < 1.29 is 4.79 Å². The Morgan fingerprint density at radius 3 is 2.71 bits per heavy atom. The predicted octanol–water partition coefficient (Wildman–Crippen LogP) is 3.37. The zero-order valence-corrected chi connectivity index (χ0v) is 9.25. The summed E-state index contributed by atoms with van der Waals surface area (Å²) >= 11 is 0. The van der Waals surface area contributed by atoms with E-state index in [4.69, 9.17) is 0 Å². The molecule has 0 aromatic rings. The fourth-order valence-corrected chi connectivity index (χ4v) is 2.14. The fraction of sp³-hybridized carbons (Fsp3) is 0.615. The van der Waals surface area contributed by atoms with Crippen LogP contribution in [0.3, 0.4) is 0 Å². The van der Waals surface area contributed by atoms with Crippen LogP contribution in [0.5, 0.6) is 0 Å². The van der Waals surface area contributed by atoms with E-state index in [1.807, 2.05) is 6.08 Å². The van der Waals surface area contributed by atoms with Gasteiger partial charge in [-0.05, 0) is 24.2 Å². The molecule has 0 aliphatic heterocycles. The van der Waals surface area contributed by atoms with Gasteiger partial charge in [0.2, 0.25) is 0 Å². The minimum Gasteiger partial charge on any atom is -0.300 e. The standard InChI is InChI=1S/C13H20O/c1-5-11-6-7-12(14)8-13(11)10(4)9(2)3/h5,9,11,13H,1,4,6-8H2,2-3H3. The van der Waals surface area contributed by atoms with Gasteiger partial charge < -0.3 is 0 Å². The van der Waals surface area contributed by atoms with Crippen molar-refractivity contribution in [3.63, 3.8) is 0 Å². The van der Waals surface area contributed by atoms with Crippen molar-refractivity contribution >= 4 is 5.78 Å². The number of hydrogen-bond donors (Lipinski definition) is 0. The van der Waals surface area contributed by atoms with E-state index in [0.29, 0.717) is 30.0 Å². The molecule has 1 aliphatic rings. The van der Waals surface area contributed by atoms with Gasteiger partial charge in [0.05, 0.1) is 0 Å². The lowest BCUT2D eigenvalue weighted by Gasteiger charge is -2.31. The molecule has 0 bridgehead atoms. The van der Waals surface area contributed by atoms with Gasteiger partial charge >= 0.3 is 0 Å². The summed E-state index contributed by atoms with van der Waals surface area (Å²) in [5, 5.41) is 0. The SMILES string of the molecule is C=CC1CCC(=O)CC1C(=C)C(C)C. The lowest BCUT2D eigenvalue weighted by atomic mass is 9.72. The molecule has 1 aliphatic carbocycles. The van der Waals surface area contributed by atoms with E-state index in [2.05, 4.69) is 27.0 Å². The summed E-state index contributed by atoms with van der Waals surface area (Å²) in [5.41, 5.74) is 1.21. The molecule has 14 heavy (non-hydrogen) atoms. The van der Waals surface area contributed by atoms with Crippen LogP contribution in [-0.2, 0) is 4.79 Å². The second kappa shape index (κ2) is 4.59. The van der Waals surface area contributed by atoms with Crippen molar-refractivity contribution in [2.24, 2.45) is 17.8 Å². The first-order valence-corrected chi connectivity index (χ1v) is 5.39. The Morgan fingerprint density at radius 1 is 1.57 bits per heavy atom. The molecule has 0 radical (unpaired) electrons.